The third-order valence-corrected chi connectivity index (χ3v) is 6.53. The predicted octanol–water partition coefficient (Wildman–Crippen LogP) is 6.70. The van der Waals surface area contributed by atoms with Crippen molar-refractivity contribution >= 4 is 11.9 Å². The van der Waals surface area contributed by atoms with Gasteiger partial charge in [0.25, 0.3) is 0 Å². The SMILES string of the molecule is CCCCCCC1CCCC(CCCCCC)C(C(=O)OCC)C1C(=O)OCC. The molecule has 1 saturated carbocycles. The maximum Gasteiger partial charge on any atom is 0.310 e. The van der Waals surface area contributed by atoms with E-state index in [-0.39, 0.29) is 35.6 Å². The maximum atomic E-state index is 13.1. The van der Waals surface area contributed by atoms with Crippen LogP contribution in [0.5, 0.6) is 0 Å². The minimum Gasteiger partial charge on any atom is -0.466 e. The minimum absolute atomic E-state index is 0.175. The van der Waals surface area contributed by atoms with Crippen LogP contribution in [-0.4, -0.2) is 25.2 Å². The van der Waals surface area contributed by atoms with Gasteiger partial charge < -0.3 is 9.47 Å². The van der Waals surface area contributed by atoms with Crippen molar-refractivity contribution in [2.45, 2.75) is 111 Å². The topological polar surface area (TPSA) is 52.6 Å². The lowest BCUT2D eigenvalue weighted by atomic mass is 9.73. The lowest BCUT2D eigenvalue weighted by molar-refractivity contribution is -0.165. The number of hydrogen-bond donors (Lipinski definition) is 0. The standard InChI is InChI=1S/C25H46O4/c1-5-9-11-13-16-20-18-15-19-21(17-14-12-10-6-2)23(25(27)29-8-4)22(20)24(26)28-7-3/h20-23H,5-19H2,1-4H3. The summed E-state index contributed by atoms with van der Waals surface area (Å²) in [6, 6.07) is 0. The van der Waals surface area contributed by atoms with Gasteiger partial charge in [0, 0.05) is 0 Å². The number of esters is 2. The molecule has 0 N–H and O–H groups in total. The summed E-state index contributed by atoms with van der Waals surface area (Å²) in [7, 11) is 0. The summed E-state index contributed by atoms with van der Waals surface area (Å²) in [4.78, 5) is 26.1. The van der Waals surface area contributed by atoms with Gasteiger partial charge in [0.2, 0.25) is 0 Å². The number of hydrogen-bond acceptors (Lipinski definition) is 4. The van der Waals surface area contributed by atoms with Crippen LogP contribution in [0.1, 0.15) is 111 Å². The summed E-state index contributed by atoms with van der Waals surface area (Å²) in [6.07, 6.45) is 14.7. The number of carbonyl (C=O) groups is 2. The number of unbranched alkanes of at least 4 members (excludes halogenated alkanes) is 6. The zero-order chi connectivity index (χ0) is 21.5. The van der Waals surface area contributed by atoms with Gasteiger partial charge in [-0.15, -0.1) is 0 Å². The Bertz CT molecular complexity index is 408. The zero-order valence-electron chi connectivity index (χ0n) is 19.5. The highest BCUT2D eigenvalue weighted by Crippen LogP contribution is 2.43. The highest BCUT2D eigenvalue weighted by atomic mass is 16.5. The lowest BCUT2D eigenvalue weighted by Crippen LogP contribution is -2.40. The summed E-state index contributed by atoms with van der Waals surface area (Å²) >= 11 is 0. The van der Waals surface area contributed by atoms with Crippen molar-refractivity contribution in [2.24, 2.45) is 23.7 Å². The van der Waals surface area contributed by atoms with E-state index < -0.39 is 0 Å². The Morgan fingerprint density at radius 2 is 1.07 bits per heavy atom. The molecule has 0 saturated heterocycles. The molecular formula is C25H46O4. The number of rotatable bonds is 14. The molecule has 4 nitrogen and oxygen atoms in total. The fourth-order valence-corrected chi connectivity index (χ4v) is 5.06. The van der Waals surface area contributed by atoms with Gasteiger partial charge in [-0.25, -0.2) is 0 Å². The van der Waals surface area contributed by atoms with Crippen molar-refractivity contribution in [1.29, 1.82) is 0 Å². The van der Waals surface area contributed by atoms with Crippen molar-refractivity contribution in [3.05, 3.63) is 0 Å². The second kappa shape index (κ2) is 15.7. The summed E-state index contributed by atoms with van der Waals surface area (Å²) in [5, 5.41) is 0. The Balaban J connectivity index is 3.04. The van der Waals surface area contributed by atoms with Crippen LogP contribution in [0, 0.1) is 23.7 Å². The van der Waals surface area contributed by atoms with Gasteiger partial charge >= 0.3 is 11.9 Å². The smallest absolute Gasteiger partial charge is 0.310 e. The molecule has 0 radical (unpaired) electrons. The molecule has 0 aliphatic heterocycles. The van der Waals surface area contributed by atoms with Crippen molar-refractivity contribution < 1.29 is 19.1 Å². The molecule has 1 aliphatic carbocycles. The second-order valence-electron chi connectivity index (χ2n) is 8.71. The molecule has 4 unspecified atom stereocenters. The monoisotopic (exact) mass is 410 g/mol. The zero-order valence-corrected chi connectivity index (χ0v) is 19.5. The van der Waals surface area contributed by atoms with Crippen LogP contribution in [0.3, 0.4) is 0 Å². The molecule has 4 heteroatoms. The van der Waals surface area contributed by atoms with Crippen molar-refractivity contribution in [2.75, 3.05) is 13.2 Å². The van der Waals surface area contributed by atoms with Gasteiger partial charge in [0.15, 0.2) is 0 Å². The van der Waals surface area contributed by atoms with Crippen LogP contribution in [0.4, 0.5) is 0 Å². The molecule has 1 rings (SSSR count). The van der Waals surface area contributed by atoms with E-state index in [4.69, 9.17) is 9.47 Å². The molecule has 170 valence electrons. The molecule has 0 aromatic rings. The Hall–Kier alpha value is -1.06. The fraction of sp³-hybridized carbons (Fsp3) is 0.920. The van der Waals surface area contributed by atoms with E-state index in [2.05, 4.69) is 13.8 Å². The summed E-state index contributed by atoms with van der Waals surface area (Å²) in [5.41, 5.74) is 0. The molecule has 0 amide bonds. The normalized spacial score (nSPS) is 24.7. The average molecular weight is 411 g/mol. The first-order valence-electron chi connectivity index (χ1n) is 12.4. The molecule has 0 bridgehead atoms. The van der Waals surface area contributed by atoms with Crippen LogP contribution in [0.15, 0.2) is 0 Å². The van der Waals surface area contributed by atoms with E-state index in [0.717, 1.165) is 44.9 Å². The van der Waals surface area contributed by atoms with Crippen molar-refractivity contribution in [1.82, 2.24) is 0 Å². The maximum absolute atomic E-state index is 13.1. The molecule has 0 heterocycles. The quantitative estimate of drug-likeness (QED) is 0.182. The third-order valence-electron chi connectivity index (χ3n) is 6.53. The van der Waals surface area contributed by atoms with E-state index >= 15 is 0 Å². The first-order valence-corrected chi connectivity index (χ1v) is 12.4. The summed E-state index contributed by atoms with van der Waals surface area (Å²) < 4.78 is 11.0. The van der Waals surface area contributed by atoms with Gasteiger partial charge in [-0.1, -0.05) is 71.6 Å². The Morgan fingerprint density at radius 1 is 0.655 bits per heavy atom. The molecule has 1 aliphatic rings. The van der Waals surface area contributed by atoms with E-state index in [1.165, 1.54) is 38.5 Å². The van der Waals surface area contributed by atoms with Crippen LogP contribution >= 0.6 is 0 Å². The van der Waals surface area contributed by atoms with E-state index in [0.29, 0.717) is 13.2 Å². The molecule has 4 atom stereocenters. The van der Waals surface area contributed by atoms with Crippen LogP contribution in [0.25, 0.3) is 0 Å². The Kier molecular flexibility index (Phi) is 14.1. The highest BCUT2D eigenvalue weighted by Gasteiger charge is 2.46. The van der Waals surface area contributed by atoms with Gasteiger partial charge in [-0.3, -0.25) is 9.59 Å². The second-order valence-corrected chi connectivity index (χ2v) is 8.71. The molecule has 0 aromatic carbocycles. The van der Waals surface area contributed by atoms with E-state index in [9.17, 15) is 9.59 Å². The van der Waals surface area contributed by atoms with Gasteiger partial charge in [0.05, 0.1) is 25.0 Å². The summed E-state index contributed by atoms with van der Waals surface area (Å²) in [6.45, 7) is 8.88. The number of ether oxygens (including phenoxy) is 2. The molecule has 0 spiro atoms. The molecule has 29 heavy (non-hydrogen) atoms. The third kappa shape index (κ3) is 9.09. The van der Waals surface area contributed by atoms with E-state index in [1.54, 1.807) is 0 Å². The summed E-state index contributed by atoms with van der Waals surface area (Å²) in [5.74, 6) is -0.552. The largest absolute Gasteiger partial charge is 0.466 e. The van der Waals surface area contributed by atoms with Gasteiger partial charge in [-0.05, 0) is 51.4 Å². The van der Waals surface area contributed by atoms with Gasteiger partial charge in [0.1, 0.15) is 0 Å². The highest BCUT2D eigenvalue weighted by molar-refractivity contribution is 5.82. The van der Waals surface area contributed by atoms with Crippen molar-refractivity contribution in [3.63, 3.8) is 0 Å². The predicted molar refractivity (Wildman–Crippen MR) is 119 cm³/mol. The minimum atomic E-state index is -0.339. The molecule has 0 aromatic heterocycles. The Morgan fingerprint density at radius 3 is 1.41 bits per heavy atom. The Labute approximate surface area is 179 Å². The first kappa shape index (κ1) is 26.0. The van der Waals surface area contributed by atoms with Gasteiger partial charge in [-0.2, -0.15) is 0 Å². The molecular weight excluding hydrogens is 364 g/mol. The van der Waals surface area contributed by atoms with Crippen molar-refractivity contribution in [3.8, 4) is 0 Å². The first-order chi connectivity index (χ1) is 14.1. The lowest BCUT2D eigenvalue weighted by Gasteiger charge is -2.32. The molecule has 1 fully saturated rings. The average Bonchev–Trinajstić information content (AvgIpc) is 2.88. The number of carbonyl (C=O) groups excluding carboxylic acids is 2. The van der Waals surface area contributed by atoms with E-state index in [1.807, 2.05) is 13.8 Å². The van der Waals surface area contributed by atoms with Crippen LogP contribution in [0.2, 0.25) is 0 Å². The fourth-order valence-electron chi connectivity index (χ4n) is 5.06. The van der Waals surface area contributed by atoms with Crippen LogP contribution < -0.4 is 0 Å². The van der Waals surface area contributed by atoms with Crippen LogP contribution in [-0.2, 0) is 19.1 Å².